The molecule has 2 aromatic heterocycles. The fraction of sp³-hybridized carbons (Fsp3) is 0.269. The molecule has 7 nitrogen and oxygen atoms in total. The number of pyridine rings is 1. The van der Waals surface area contributed by atoms with Gasteiger partial charge >= 0.3 is 0 Å². The summed E-state index contributed by atoms with van der Waals surface area (Å²) in [5, 5.41) is 3.98. The van der Waals surface area contributed by atoms with Gasteiger partial charge in [0.15, 0.2) is 0 Å². The first-order valence-corrected chi connectivity index (χ1v) is 13.1. The zero-order chi connectivity index (χ0) is 25.4. The Bertz CT molecular complexity index is 1530. The number of sulfonamides is 1. The van der Waals surface area contributed by atoms with Crippen LogP contribution >= 0.6 is 0 Å². The van der Waals surface area contributed by atoms with Crippen LogP contribution in [0.2, 0.25) is 0 Å². The predicted molar refractivity (Wildman–Crippen MR) is 136 cm³/mol. The van der Waals surface area contributed by atoms with Crippen LogP contribution in [-0.4, -0.2) is 55.4 Å². The highest BCUT2D eigenvalue weighted by Gasteiger charge is 2.35. The molecule has 0 saturated heterocycles. The van der Waals surface area contributed by atoms with E-state index in [2.05, 4.69) is 9.82 Å². The van der Waals surface area contributed by atoms with Gasteiger partial charge in [0.05, 0.1) is 17.0 Å². The first-order chi connectivity index (χ1) is 17.2. The van der Waals surface area contributed by atoms with Crippen LogP contribution in [0.4, 0.5) is 14.5 Å². The second-order valence-corrected chi connectivity index (χ2v) is 11.1. The molecule has 1 N–H and O–H groups in total. The maximum Gasteiger partial charge on any atom is 0.235 e. The van der Waals surface area contributed by atoms with Crippen LogP contribution in [0.15, 0.2) is 60.9 Å². The second-order valence-electron chi connectivity index (χ2n) is 9.17. The van der Waals surface area contributed by atoms with E-state index in [1.165, 1.54) is 12.1 Å². The molecule has 0 amide bonds. The Balaban J connectivity index is 1.59. The topological polar surface area (TPSA) is 75.9 Å². The van der Waals surface area contributed by atoms with Crippen molar-refractivity contribution >= 4 is 21.2 Å². The van der Waals surface area contributed by atoms with Crippen molar-refractivity contribution in [1.82, 2.24) is 14.5 Å². The quantitative estimate of drug-likeness (QED) is 0.349. The van der Waals surface area contributed by atoms with Crippen LogP contribution < -0.4 is 9.46 Å². The second kappa shape index (κ2) is 9.51. The molecule has 0 bridgehead atoms. The summed E-state index contributed by atoms with van der Waals surface area (Å²) in [6.07, 6.45) is 4.67. The summed E-state index contributed by atoms with van der Waals surface area (Å²) >= 11 is 0. The molecule has 10 heteroatoms. The van der Waals surface area contributed by atoms with Gasteiger partial charge < -0.3 is 9.64 Å². The van der Waals surface area contributed by atoms with Gasteiger partial charge in [-0.3, -0.25) is 4.72 Å². The number of halogens is 2. The molecule has 1 aliphatic rings. The van der Waals surface area contributed by atoms with Crippen molar-refractivity contribution < 1.29 is 21.9 Å². The maximum absolute atomic E-state index is 14.7. The number of hydrogen-bond donors (Lipinski definition) is 1. The minimum absolute atomic E-state index is 0.161. The highest BCUT2D eigenvalue weighted by atomic mass is 32.2. The Labute approximate surface area is 208 Å². The molecule has 1 fully saturated rings. The number of fused-ring (bicyclic) bond motifs is 1. The third-order valence-corrected chi connectivity index (χ3v) is 7.88. The van der Waals surface area contributed by atoms with E-state index in [0.29, 0.717) is 47.6 Å². The smallest absolute Gasteiger partial charge is 0.235 e. The summed E-state index contributed by atoms with van der Waals surface area (Å²) in [5.41, 5.74) is 2.96. The summed E-state index contributed by atoms with van der Waals surface area (Å²) in [4.78, 5) is 2.02. The summed E-state index contributed by atoms with van der Waals surface area (Å²) in [5.74, 6) is -0.757. The first-order valence-electron chi connectivity index (χ1n) is 11.6. The first kappa shape index (κ1) is 24.2. The molecule has 4 aromatic rings. The number of nitrogens with one attached hydrogen (secondary N) is 1. The molecule has 0 radical (unpaired) electrons. The predicted octanol–water partition coefficient (Wildman–Crippen LogP) is 4.79. The van der Waals surface area contributed by atoms with Gasteiger partial charge in [0, 0.05) is 41.7 Å². The normalized spacial score (nSPS) is 13.9. The number of likely N-dealkylation sites (N-methyl/N-ethyl adjacent to an activating group) is 1. The number of benzene rings is 2. The van der Waals surface area contributed by atoms with E-state index in [4.69, 9.17) is 4.74 Å². The lowest BCUT2D eigenvalue weighted by molar-refractivity contribution is 0.261. The Morgan fingerprint density at radius 2 is 1.81 bits per heavy atom. The molecule has 36 heavy (non-hydrogen) atoms. The van der Waals surface area contributed by atoms with Crippen LogP contribution in [-0.2, 0) is 10.0 Å². The van der Waals surface area contributed by atoms with Gasteiger partial charge in [0.1, 0.15) is 24.0 Å². The van der Waals surface area contributed by atoms with Crippen molar-refractivity contribution in [1.29, 1.82) is 0 Å². The number of anilines is 1. The molecule has 2 aromatic carbocycles. The van der Waals surface area contributed by atoms with Gasteiger partial charge in [0.2, 0.25) is 10.0 Å². The Morgan fingerprint density at radius 3 is 2.50 bits per heavy atom. The molecular formula is C26H26F2N4O3S. The van der Waals surface area contributed by atoms with Crippen LogP contribution in [0.5, 0.6) is 5.75 Å². The third-order valence-electron chi connectivity index (χ3n) is 6.01. The molecule has 0 unspecified atom stereocenters. The van der Waals surface area contributed by atoms with E-state index in [-0.39, 0.29) is 5.56 Å². The maximum atomic E-state index is 14.7. The van der Waals surface area contributed by atoms with Gasteiger partial charge in [-0.15, -0.1) is 0 Å². The van der Waals surface area contributed by atoms with E-state index in [1.807, 2.05) is 31.1 Å². The number of nitrogens with zero attached hydrogens (tertiary/aromatic N) is 3. The third kappa shape index (κ3) is 5.19. The standard InChI is InChI=1S/C26H26F2N4O3S/c1-31(2)9-10-35-21-7-8-32-26(15-21)24(16-29-32)18-11-17(23-6-3-19(27)14-25(23)28)12-20(13-18)30-36(33,34)22-4-5-22/h3,6-8,11-16,22,30H,4-5,9-10H2,1-2H3. The average Bonchev–Trinajstić information content (AvgIpc) is 3.59. The van der Waals surface area contributed by atoms with E-state index < -0.39 is 26.9 Å². The lowest BCUT2D eigenvalue weighted by atomic mass is 9.98. The molecule has 1 saturated carbocycles. The van der Waals surface area contributed by atoms with Crippen LogP contribution in [0.1, 0.15) is 12.8 Å². The molecule has 0 aliphatic heterocycles. The van der Waals surface area contributed by atoms with E-state index in [1.54, 1.807) is 35.1 Å². The fourth-order valence-corrected chi connectivity index (χ4v) is 5.34. The highest BCUT2D eigenvalue weighted by Crippen LogP contribution is 2.36. The van der Waals surface area contributed by atoms with Crippen molar-refractivity contribution in [3.05, 3.63) is 72.6 Å². The minimum Gasteiger partial charge on any atom is -0.492 e. The van der Waals surface area contributed by atoms with Crippen molar-refractivity contribution in [3.63, 3.8) is 0 Å². The van der Waals surface area contributed by atoms with Gasteiger partial charge in [-0.2, -0.15) is 5.10 Å². The fourth-order valence-electron chi connectivity index (χ4n) is 3.97. The van der Waals surface area contributed by atoms with Crippen molar-refractivity contribution in [3.8, 4) is 28.0 Å². The SMILES string of the molecule is CN(C)CCOc1ccn2ncc(-c3cc(NS(=O)(=O)C4CC4)cc(-c4ccc(F)cc4F)c3)c2c1. The number of ether oxygens (including phenoxy) is 1. The lowest BCUT2D eigenvalue weighted by Crippen LogP contribution is -2.19. The van der Waals surface area contributed by atoms with Crippen molar-refractivity contribution in [2.24, 2.45) is 0 Å². The molecule has 0 spiro atoms. The van der Waals surface area contributed by atoms with Gasteiger partial charge in [0.25, 0.3) is 0 Å². The summed E-state index contributed by atoms with van der Waals surface area (Å²) in [6.45, 7) is 1.27. The number of rotatable bonds is 9. The molecule has 1 aliphatic carbocycles. The van der Waals surface area contributed by atoms with Gasteiger partial charge in [-0.1, -0.05) is 0 Å². The van der Waals surface area contributed by atoms with E-state index in [9.17, 15) is 17.2 Å². The summed E-state index contributed by atoms with van der Waals surface area (Å²) in [6, 6.07) is 12.0. The molecule has 2 heterocycles. The van der Waals surface area contributed by atoms with Crippen LogP contribution in [0.3, 0.4) is 0 Å². The lowest BCUT2D eigenvalue weighted by Gasteiger charge is -2.13. The van der Waals surface area contributed by atoms with E-state index in [0.717, 1.165) is 18.1 Å². The highest BCUT2D eigenvalue weighted by molar-refractivity contribution is 7.93. The number of aromatic nitrogens is 2. The summed E-state index contributed by atoms with van der Waals surface area (Å²) in [7, 11) is 0.375. The molecular weight excluding hydrogens is 486 g/mol. The van der Waals surface area contributed by atoms with Gasteiger partial charge in [-0.05, 0) is 74.5 Å². The zero-order valence-electron chi connectivity index (χ0n) is 19.9. The van der Waals surface area contributed by atoms with Crippen LogP contribution in [0.25, 0.3) is 27.8 Å². The molecule has 188 valence electrons. The van der Waals surface area contributed by atoms with Crippen LogP contribution in [0, 0.1) is 11.6 Å². The van der Waals surface area contributed by atoms with Crippen molar-refractivity contribution in [2.45, 2.75) is 18.1 Å². The zero-order valence-corrected chi connectivity index (χ0v) is 20.7. The van der Waals surface area contributed by atoms with Crippen molar-refractivity contribution in [2.75, 3.05) is 32.0 Å². The Hall–Kier alpha value is -3.50. The minimum atomic E-state index is -3.56. The van der Waals surface area contributed by atoms with Gasteiger partial charge in [-0.25, -0.2) is 21.7 Å². The molecule has 0 atom stereocenters. The monoisotopic (exact) mass is 512 g/mol. The largest absolute Gasteiger partial charge is 0.492 e. The molecule has 5 rings (SSSR count). The number of hydrogen-bond acceptors (Lipinski definition) is 5. The Kier molecular flexibility index (Phi) is 6.40. The summed E-state index contributed by atoms with van der Waals surface area (Å²) < 4.78 is 63.7. The average molecular weight is 513 g/mol. The Morgan fingerprint density at radius 1 is 1.06 bits per heavy atom. The van der Waals surface area contributed by atoms with E-state index >= 15 is 0 Å².